The molecule has 0 N–H and O–H groups in total. The van der Waals surface area contributed by atoms with Gasteiger partial charge in [-0.1, -0.05) is 18.2 Å². The Morgan fingerprint density at radius 2 is 1.74 bits per heavy atom. The van der Waals surface area contributed by atoms with Crippen LogP contribution >= 0.6 is 0 Å². The molecule has 0 fully saturated rings. The average Bonchev–Trinajstić information content (AvgIpc) is 2.80. The zero-order chi connectivity index (χ0) is 13.0. The van der Waals surface area contributed by atoms with Crippen molar-refractivity contribution in [1.82, 2.24) is 4.40 Å². The number of hydrogen-bond donors (Lipinski definition) is 0. The van der Waals surface area contributed by atoms with Crippen LogP contribution in [-0.4, -0.2) is 10.2 Å². The third kappa shape index (κ3) is 1.25. The van der Waals surface area contributed by atoms with Crippen LogP contribution in [0.1, 0.15) is 15.9 Å². The van der Waals surface area contributed by atoms with Gasteiger partial charge in [0.1, 0.15) is 5.36 Å². The fourth-order valence-electron chi connectivity index (χ4n) is 2.47. The van der Waals surface area contributed by atoms with Gasteiger partial charge in [-0.25, -0.2) is 4.99 Å². The summed E-state index contributed by atoms with van der Waals surface area (Å²) >= 11 is 0. The summed E-state index contributed by atoms with van der Waals surface area (Å²) < 4.78 is 1.47. The van der Waals surface area contributed by atoms with Crippen LogP contribution in [-0.2, 0) is 0 Å². The minimum atomic E-state index is -0.154. The molecule has 3 aromatic rings. The lowest BCUT2D eigenvalue weighted by Crippen LogP contribution is -2.17. The van der Waals surface area contributed by atoms with E-state index in [4.69, 9.17) is 0 Å². The Balaban J connectivity index is 2.23. The fourth-order valence-corrected chi connectivity index (χ4v) is 2.47. The summed E-state index contributed by atoms with van der Waals surface area (Å²) in [6, 6.07) is 12.2. The highest BCUT2D eigenvalue weighted by Gasteiger charge is 2.22. The average molecular weight is 248 g/mol. The molecular formula is C15H8N2O2. The van der Waals surface area contributed by atoms with E-state index in [0.717, 1.165) is 0 Å². The third-order valence-corrected chi connectivity index (χ3v) is 3.37. The molecule has 0 radical (unpaired) electrons. The zero-order valence-corrected chi connectivity index (χ0v) is 9.83. The maximum absolute atomic E-state index is 12.4. The second kappa shape index (κ2) is 3.38. The molecule has 4 heteroatoms. The standard InChI is InChI=1S/C15H8N2O2/c18-13-7-3-6-12-14-10(8-17(12)13)15(19)9-4-1-2-5-11(9)16-14/h1-8H. The quantitative estimate of drug-likeness (QED) is 0.473. The molecule has 3 heterocycles. The molecule has 0 saturated heterocycles. The number of nitrogens with zero attached hydrogens (tertiary/aromatic N) is 2. The Morgan fingerprint density at radius 3 is 2.63 bits per heavy atom. The first-order valence-electron chi connectivity index (χ1n) is 5.92. The maximum Gasteiger partial charge on any atom is 0.255 e. The predicted octanol–water partition coefficient (Wildman–Crippen LogP) is 1.51. The number of rotatable bonds is 0. The summed E-state index contributed by atoms with van der Waals surface area (Å²) in [5.74, 6) is -0.0799. The molecule has 0 aliphatic carbocycles. The smallest absolute Gasteiger partial charge is 0.255 e. The van der Waals surface area contributed by atoms with Crippen molar-refractivity contribution in [2.75, 3.05) is 0 Å². The highest BCUT2D eigenvalue weighted by atomic mass is 16.1. The molecular weight excluding hydrogens is 240 g/mol. The predicted molar refractivity (Wildman–Crippen MR) is 70.0 cm³/mol. The first-order valence-corrected chi connectivity index (χ1v) is 5.92. The molecule has 0 saturated carbocycles. The largest absolute Gasteiger partial charge is 0.288 e. The van der Waals surface area contributed by atoms with Crippen molar-refractivity contribution >= 4 is 17.0 Å². The van der Waals surface area contributed by atoms with Gasteiger partial charge in [-0.2, -0.15) is 0 Å². The minimum Gasteiger partial charge on any atom is -0.288 e. The Labute approximate surface area is 107 Å². The first-order chi connectivity index (χ1) is 9.25. The summed E-state index contributed by atoms with van der Waals surface area (Å²) in [6.45, 7) is 0. The number of para-hydroxylation sites is 1. The van der Waals surface area contributed by atoms with Crippen molar-refractivity contribution in [3.8, 4) is 0 Å². The van der Waals surface area contributed by atoms with Crippen molar-refractivity contribution in [3.63, 3.8) is 0 Å². The molecule has 0 atom stereocenters. The van der Waals surface area contributed by atoms with E-state index in [1.54, 1.807) is 30.5 Å². The lowest BCUT2D eigenvalue weighted by atomic mass is 10.0. The van der Waals surface area contributed by atoms with Gasteiger partial charge in [-0.15, -0.1) is 0 Å². The van der Waals surface area contributed by atoms with E-state index >= 15 is 0 Å². The topological polar surface area (TPSA) is 50.9 Å². The van der Waals surface area contributed by atoms with Gasteiger partial charge in [0.25, 0.3) is 5.56 Å². The van der Waals surface area contributed by atoms with E-state index in [0.29, 0.717) is 27.7 Å². The summed E-state index contributed by atoms with van der Waals surface area (Å²) in [5, 5.41) is 0.585. The number of benzene rings is 1. The number of hydrogen-bond acceptors (Lipinski definition) is 3. The molecule has 1 aliphatic heterocycles. The zero-order valence-electron chi connectivity index (χ0n) is 9.83. The van der Waals surface area contributed by atoms with E-state index in [1.807, 2.05) is 12.1 Å². The van der Waals surface area contributed by atoms with E-state index in [2.05, 4.69) is 4.99 Å². The molecule has 0 bridgehead atoms. The SMILES string of the molecule is O=C1c2ccccc2N=c2c1cn1c(=O)cccc21. The second-order valence-corrected chi connectivity index (χ2v) is 4.47. The molecule has 1 aliphatic rings. The lowest BCUT2D eigenvalue weighted by molar-refractivity contribution is 0.103. The van der Waals surface area contributed by atoms with Crippen molar-refractivity contribution in [3.05, 3.63) is 75.5 Å². The number of pyridine rings is 1. The van der Waals surface area contributed by atoms with Crippen LogP contribution in [0.2, 0.25) is 0 Å². The number of carbonyl (C=O) groups is 1. The van der Waals surface area contributed by atoms with Gasteiger partial charge in [-0.05, 0) is 18.2 Å². The summed E-state index contributed by atoms with van der Waals surface area (Å²) in [7, 11) is 0. The van der Waals surface area contributed by atoms with E-state index in [9.17, 15) is 9.59 Å². The van der Waals surface area contributed by atoms with Gasteiger partial charge in [0.2, 0.25) is 0 Å². The molecule has 2 aromatic heterocycles. The summed E-state index contributed by atoms with van der Waals surface area (Å²) in [5.41, 5.74) is 2.24. The van der Waals surface area contributed by atoms with E-state index in [1.165, 1.54) is 10.5 Å². The molecule has 0 spiro atoms. The normalized spacial score (nSPS) is 12.9. The van der Waals surface area contributed by atoms with Crippen molar-refractivity contribution in [2.45, 2.75) is 0 Å². The maximum atomic E-state index is 12.4. The Kier molecular flexibility index (Phi) is 1.82. The van der Waals surface area contributed by atoms with Gasteiger partial charge >= 0.3 is 0 Å². The highest BCUT2D eigenvalue weighted by Crippen LogP contribution is 2.24. The molecule has 19 heavy (non-hydrogen) atoms. The molecule has 4 nitrogen and oxygen atoms in total. The van der Waals surface area contributed by atoms with Crippen molar-refractivity contribution in [1.29, 1.82) is 0 Å². The monoisotopic (exact) mass is 248 g/mol. The second-order valence-electron chi connectivity index (χ2n) is 4.47. The number of carbonyl (C=O) groups excluding carboxylic acids is 1. The van der Waals surface area contributed by atoms with Crippen LogP contribution in [0.4, 0.5) is 5.69 Å². The van der Waals surface area contributed by atoms with Crippen molar-refractivity contribution in [2.24, 2.45) is 4.99 Å². The molecule has 0 amide bonds. The molecule has 1 aromatic carbocycles. The van der Waals surface area contributed by atoms with Crippen molar-refractivity contribution < 1.29 is 4.79 Å². The number of aromatic nitrogens is 1. The van der Waals surface area contributed by atoms with Gasteiger partial charge in [-0.3, -0.25) is 14.0 Å². The van der Waals surface area contributed by atoms with Crippen LogP contribution in [0.5, 0.6) is 0 Å². The Hall–Kier alpha value is -2.75. The lowest BCUT2D eigenvalue weighted by Gasteiger charge is -2.07. The van der Waals surface area contributed by atoms with Gasteiger partial charge in [0.15, 0.2) is 5.78 Å². The van der Waals surface area contributed by atoms with Crippen LogP contribution in [0.15, 0.2) is 58.4 Å². The third-order valence-electron chi connectivity index (χ3n) is 3.37. The van der Waals surface area contributed by atoms with E-state index < -0.39 is 0 Å². The van der Waals surface area contributed by atoms with Crippen LogP contribution in [0.25, 0.3) is 5.52 Å². The summed E-state index contributed by atoms with van der Waals surface area (Å²) in [4.78, 5) is 28.7. The van der Waals surface area contributed by atoms with E-state index in [-0.39, 0.29) is 11.3 Å². The van der Waals surface area contributed by atoms with Crippen LogP contribution in [0, 0.1) is 0 Å². The van der Waals surface area contributed by atoms with Gasteiger partial charge < -0.3 is 0 Å². The Morgan fingerprint density at radius 1 is 0.895 bits per heavy atom. The van der Waals surface area contributed by atoms with Gasteiger partial charge in [0.05, 0.1) is 16.8 Å². The van der Waals surface area contributed by atoms with Crippen LogP contribution < -0.4 is 10.9 Å². The van der Waals surface area contributed by atoms with Crippen LogP contribution in [0.3, 0.4) is 0 Å². The fraction of sp³-hybridized carbons (Fsp3) is 0. The first kappa shape index (κ1) is 10.2. The minimum absolute atomic E-state index is 0.0799. The Bertz CT molecular complexity index is 954. The molecule has 4 rings (SSSR count). The number of ketones is 1. The molecule has 90 valence electrons. The molecule has 0 unspecified atom stereocenters. The highest BCUT2D eigenvalue weighted by molar-refractivity contribution is 6.13. The number of fused-ring (bicyclic) bond motifs is 4. The summed E-state index contributed by atoms with van der Waals surface area (Å²) in [6.07, 6.45) is 1.58. The van der Waals surface area contributed by atoms with Gasteiger partial charge in [0, 0.05) is 17.8 Å².